The molecule has 0 spiro atoms. The highest BCUT2D eigenvalue weighted by Crippen LogP contribution is 2.58. The van der Waals surface area contributed by atoms with Crippen molar-refractivity contribution in [2.45, 2.75) is 71.2 Å². The van der Waals surface area contributed by atoms with E-state index in [-0.39, 0.29) is 10.1 Å². The molecule has 1 aromatic rings. The second-order valence-electron chi connectivity index (χ2n) is 8.45. The Labute approximate surface area is 136 Å². The molecule has 0 aromatic heterocycles. The van der Waals surface area contributed by atoms with Gasteiger partial charge in [0.25, 0.3) is 14.3 Å². The third-order valence-corrected chi connectivity index (χ3v) is 11.2. The zero-order chi connectivity index (χ0) is 16.6. The summed E-state index contributed by atoms with van der Waals surface area (Å²) in [7, 11) is -2.00. The van der Waals surface area contributed by atoms with E-state index in [0.29, 0.717) is 6.61 Å². The summed E-state index contributed by atoms with van der Waals surface area (Å²) in [5.74, 6) is 0.778. The van der Waals surface area contributed by atoms with Crippen molar-refractivity contribution >= 4 is 8.32 Å². The fourth-order valence-corrected chi connectivity index (χ4v) is 9.00. The lowest BCUT2D eigenvalue weighted by Crippen LogP contribution is -2.52. The average Bonchev–Trinajstić information content (AvgIpc) is 2.75. The van der Waals surface area contributed by atoms with Crippen LogP contribution in [0.4, 0.5) is 0 Å². The first kappa shape index (κ1) is 17.1. The Kier molecular flexibility index (Phi) is 4.49. The van der Waals surface area contributed by atoms with Crippen molar-refractivity contribution in [3.63, 3.8) is 0 Å². The third kappa shape index (κ3) is 3.10. The normalized spacial score (nSPS) is 18.3. The molecular formula is C19H30O2Si. The Bertz CT molecular complexity index is 533. The molecule has 1 aliphatic rings. The second-order valence-corrected chi connectivity index (χ2v) is 13.7. The topological polar surface area (TPSA) is 18.5 Å². The highest BCUT2D eigenvalue weighted by molar-refractivity contribution is 6.80. The van der Waals surface area contributed by atoms with Crippen molar-refractivity contribution in [1.82, 2.24) is 0 Å². The zero-order valence-electron chi connectivity index (χ0n) is 15.1. The minimum Gasteiger partial charge on any atom is -0.518 e. The van der Waals surface area contributed by atoms with Gasteiger partial charge in [0, 0.05) is 11.6 Å². The van der Waals surface area contributed by atoms with Gasteiger partial charge in [-0.1, -0.05) is 71.9 Å². The van der Waals surface area contributed by atoms with Crippen LogP contribution in [0.5, 0.6) is 0 Å². The molecule has 122 valence electrons. The predicted molar refractivity (Wildman–Crippen MR) is 95.0 cm³/mol. The first-order valence-electron chi connectivity index (χ1n) is 8.12. The van der Waals surface area contributed by atoms with Gasteiger partial charge in [-0.15, -0.1) is 0 Å². The number of allylic oxidation sites excluding steroid dienone is 1. The lowest BCUT2D eigenvalue weighted by atomic mass is 10.2. The van der Waals surface area contributed by atoms with Crippen molar-refractivity contribution in [3.05, 3.63) is 47.4 Å². The van der Waals surface area contributed by atoms with Gasteiger partial charge in [-0.2, -0.15) is 0 Å². The van der Waals surface area contributed by atoms with Crippen LogP contribution in [0, 0.1) is 0 Å². The summed E-state index contributed by atoms with van der Waals surface area (Å²) in [4.78, 5) is 0. The van der Waals surface area contributed by atoms with Gasteiger partial charge < -0.3 is 9.16 Å². The number of rotatable bonds is 3. The molecule has 1 heterocycles. The van der Waals surface area contributed by atoms with E-state index in [2.05, 4.69) is 60.6 Å². The average molecular weight is 319 g/mol. The van der Waals surface area contributed by atoms with Crippen LogP contribution in [0.3, 0.4) is 0 Å². The standard InChI is InChI=1S/C19H30O2Si/c1-15-14-22(18(2,3)4,19(5,6)7)21-17(15)20-13-16-11-9-8-10-12-16/h8-12H,13-14H2,1-7H3. The first-order valence-corrected chi connectivity index (χ1v) is 10.2. The summed E-state index contributed by atoms with van der Waals surface area (Å²) < 4.78 is 12.6. The van der Waals surface area contributed by atoms with Gasteiger partial charge in [-0.3, -0.25) is 0 Å². The molecule has 3 heteroatoms. The highest BCUT2D eigenvalue weighted by Gasteiger charge is 2.60. The summed E-state index contributed by atoms with van der Waals surface area (Å²) in [6.07, 6.45) is 0. The van der Waals surface area contributed by atoms with Crippen LogP contribution in [0.2, 0.25) is 16.1 Å². The largest absolute Gasteiger partial charge is 0.518 e. The van der Waals surface area contributed by atoms with E-state index < -0.39 is 8.32 Å². The van der Waals surface area contributed by atoms with Gasteiger partial charge >= 0.3 is 0 Å². The van der Waals surface area contributed by atoms with Gasteiger partial charge in [0.2, 0.25) is 0 Å². The van der Waals surface area contributed by atoms with E-state index >= 15 is 0 Å². The highest BCUT2D eigenvalue weighted by atomic mass is 28.4. The monoisotopic (exact) mass is 318 g/mol. The van der Waals surface area contributed by atoms with Gasteiger partial charge in [-0.25, -0.2) is 0 Å². The molecule has 2 rings (SSSR count). The lowest BCUT2D eigenvalue weighted by Gasteiger charge is -2.47. The maximum atomic E-state index is 6.61. The Balaban J connectivity index is 2.17. The second kappa shape index (κ2) is 5.77. The van der Waals surface area contributed by atoms with E-state index in [4.69, 9.17) is 9.16 Å². The maximum absolute atomic E-state index is 6.61. The van der Waals surface area contributed by atoms with Crippen LogP contribution in [0.25, 0.3) is 0 Å². The van der Waals surface area contributed by atoms with Crippen molar-refractivity contribution in [2.24, 2.45) is 0 Å². The van der Waals surface area contributed by atoms with Crippen LogP contribution >= 0.6 is 0 Å². The molecule has 1 aromatic carbocycles. The number of ether oxygens (including phenoxy) is 1. The van der Waals surface area contributed by atoms with Crippen molar-refractivity contribution < 1.29 is 9.16 Å². The Morgan fingerprint density at radius 2 is 1.55 bits per heavy atom. The number of benzene rings is 1. The zero-order valence-corrected chi connectivity index (χ0v) is 16.1. The molecule has 0 unspecified atom stereocenters. The first-order chi connectivity index (χ1) is 10.1. The molecule has 0 bridgehead atoms. The molecule has 0 saturated heterocycles. The molecule has 0 amide bonds. The van der Waals surface area contributed by atoms with Crippen molar-refractivity contribution in [3.8, 4) is 0 Å². The van der Waals surface area contributed by atoms with Gasteiger partial charge in [0.1, 0.15) is 6.61 Å². The Morgan fingerprint density at radius 1 is 1.00 bits per heavy atom. The van der Waals surface area contributed by atoms with Crippen LogP contribution in [0.1, 0.15) is 54.0 Å². The van der Waals surface area contributed by atoms with Crippen LogP contribution in [0.15, 0.2) is 41.9 Å². The summed E-state index contributed by atoms with van der Waals surface area (Å²) in [6, 6.07) is 11.3. The van der Waals surface area contributed by atoms with Crippen molar-refractivity contribution in [1.29, 1.82) is 0 Å². The molecule has 0 aliphatic carbocycles. The molecule has 0 atom stereocenters. The van der Waals surface area contributed by atoms with Gasteiger partial charge in [-0.05, 0) is 22.6 Å². The van der Waals surface area contributed by atoms with E-state index in [9.17, 15) is 0 Å². The molecule has 0 radical (unpaired) electrons. The quantitative estimate of drug-likeness (QED) is 0.635. The lowest BCUT2D eigenvalue weighted by molar-refractivity contribution is 0.0872. The minimum absolute atomic E-state index is 0.171. The summed E-state index contributed by atoms with van der Waals surface area (Å²) in [6.45, 7) is 16.6. The fraction of sp³-hybridized carbons (Fsp3) is 0.579. The smallest absolute Gasteiger partial charge is 0.270 e. The Morgan fingerprint density at radius 3 is 2.00 bits per heavy atom. The van der Waals surface area contributed by atoms with Gasteiger partial charge in [0.15, 0.2) is 0 Å². The van der Waals surface area contributed by atoms with E-state index in [0.717, 1.165) is 12.0 Å². The number of hydrogen-bond donors (Lipinski definition) is 0. The third-order valence-electron chi connectivity index (χ3n) is 4.77. The van der Waals surface area contributed by atoms with Crippen molar-refractivity contribution in [2.75, 3.05) is 0 Å². The summed E-state index contributed by atoms with van der Waals surface area (Å²) >= 11 is 0. The molecule has 22 heavy (non-hydrogen) atoms. The molecule has 2 nitrogen and oxygen atoms in total. The molecular weight excluding hydrogens is 288 g/mol. The van der Waals surface area contributed by atoms with E-state index in [1.165, 1.54) is 11.1 Å². The van der Waals surface area contributed by atoms with E-state index in [1.54, 1.807) is 0 Å². The molecule has 0 N–H and O–H groups in total. The SMILES string of the molecule is CC1=C(OCc2ccccc2)O[Si](C(C)(C)C)(C(C)(C)C)C1. The maximum Gasteiger partial charge on any atom is 0.270 e. The number of hydrogen-bond acceptors (Lipinski definition) is 2. The molecule has 1 aliphatic heterocycles. The molecule has 0 saturated carbocycles. The fourth-order valence-electron chi connectivity index (χ4n) is 3.56. The van der Waals surface area contributed by atoms with Crippen LogP contribution < -0.4 is 0 Å². The minimum atomic E-state index is -2.00. The van der Waals surface area contributed by atoms with E-state index in [1.807, 2.05) is 18.2 Å². The Hall–Kier alpha value is -1.22. The van der Waals surface area contributed by atoms with Gasteiger partial charge in [0.05, 0.1) is 0 Å². The summed E-state index contributed by atoms with van der Waals surface area (Å²) in [5.41, 5.74) is 2.45. The summed E-state index contributed by atoms with van der Waals surface area (Å²) in [5, 5.41) is 0.342. The predicted octanol–water partition coefficient (Wildman–Crippen LogP) is 6.01. The van der Waals surface area contributed by atoms with Crippen LogP contribution in [-0.2, 0) is 15.8 Å². The molecule has 0 fully saturated rings. The van der Waals surface area contributed by atoms with Crippen LogP contribution in [-0.4, -0.2) is 8.32 Å².